The van der Waals surface area contributed by atoms with Gasteiger partial charge in [-0.25, -0.2) is 28.0 Å². The number of ketones is 2. The first kappa shape index (κ1) is 54.4. The predicted octanol–water partition coefficient (Wildman–Crippen LogP) is 12.3. The van der Waals surface area contributed by atoms with Gasteiger partial charge in [0.2, 0.25) is 0 Å². The van der Waals surface area contributed by atoms with Crippen molar-refractivity contribution in [2.75, 3.05) is 26.4 Å². The van der Waals surface area contributed by atoms with Crippen molar-refractivity contribution in [2.45, 2.75) is 51.4 Å². The van der Waals surface area contributed by atoms with Crippen molar-refractivity contribution in [3.05, 3.63) is 190 Å². The van der Waals surface area contributed by atoms with Crippen LogP contribution in [0.3, 0.4) is 0 Å². The molecule has 0 radical (unpaired) electrons. The van der Waals surface area contributed by atoms with E-state index < -0.39 is 57.8 Å². The maximum atomic E-state index is 13.2. The summed E-state index contributed by atoms with van der Waals surface area (Å²) in [6, 6.07) is 29.3. The van der Waals surface area contributed by atoms with Gasteiger partial charge in [-0.15, -0.1) is 0 Å². The van der Waals surface area contributed by atoms with E-state index in [4.69, 9.17) is 18.9 Å². The van der Waals surface area contributed by atoms with Gasteiger partial charge in [0.25, 0.3) is 0 Å². The largest absolute Gasteiger partial charge is 0.494 e. The predicted molar refractivity (Wildman–Crippen MR) is 271 cm³/mol. The summed E-state index contributed by atoms with van der Waals surface area (Å²) in [5.74, 6) is -6.90. The fraction of sp³-hybridized carbons (Fsp3) is 0.207. The average Bonchev–Trinajstić information content (AvgIpc) is 3.39. The molecule has 74 heavy (non-hydrogen) atoms. The van der Waals surface area contributed by atoms with E-state index in [0.717, 1.165) is 36.1 Å². The number of rotatable bonds is 29. The lowest BCUT2D eigenvalue weighted by Gasteiger charge is -2.18. The lowest BCUT2D eigenvalue weighted by molar-refractivity contribution is 0.0649. The highest BCUT2D eigenvalue weighted by atomic mass is 19.1. The molecule has 0 atom stereocenters. The molecule has 0 aromatic heterocycles. The number of carbonyl (C=O) groups excluding carboxylic acids is 2. The van der Waals surface area contributed by atoms with Gasteiger partial charge < -0.3 is 39.4 Å². The minimum absolute atomic E-state index is 0.0748. The van der Waals surface area contributed by atoms with Gasteiger partial charge >= 0.3 is 23.9 Å². The number of ether oxygens (including phenoxy) is 4. The zero-order valence-corrected chi connectivity index (χ0v) is 40.0. The van der Waals surface area contributed by atoms with Crippen LogP contribution in [0.15, 0.2) is 133 Å². The first-order chi connectivity index (χ1) is 35.7. The third-order valence-corrected chi connectivity index (χ3v) is 11.4. The summed E-state index contributed by atoms with van der Waals surface area (Å²) in [5.41, 5.74) is -1.42. The van der Waals surface area contributed by atoms with Gasteiger partial charge in [0.1, 0.15) is 34.6 Å². The fourth-order valence-electron chi connectivity index (χ4n) is 7.61. The van der Waals surface area contributed by atoms with Gasteiger partial charge in [-0.05, 0) is 172 Å². The quantitative estimate of drug-likeness (QED) is 0.0195. The Kier molecular flexibility index (Phi) is 19.9. The Balaban J connectivity index is 0.988. The number of benzene rings is 6. The van der Waals surface area contributed by atoms with Crippen molar-refractivity contribution in [2.24, 2.45) is 0 Å². The Labute approximate surface area is 424 Å². The first-order valence-corrected chi connectivity index (χ1v) is 23.6. The number of hydrogen-bond donors (Lipinski definition) is 4. The van der Waals surface area contributed by atoms with Crippen molar-refractivity contribution in [3.8, 4) is 34.1 Å². The van der Waals surface area contributed by atoms with Crippen LogP contribution in [0.25, 0.3) is 23.3 Å². The summed E-state index contributed by atoms with van der Waals surface area (Å²) in [6.07, 6.45) is 11.4. The molecule has 6 aromatic rings. The number of aromatic carboxylic acids is 4. The van der Waals surface area contributed by atoms with Crippen LogP contribution in [0.4, 0.5) is 8.78 Å². The molecule has 0 unspecified atom stereocenters. The molecule has 0 amide bonds. The summed E-state index contributed by atoms with van der Waals surface area (Å²) in [5, 5.41) is 40.7. The number of unbranched alkanes of at least 4 members (excludes halogenated alkanes) is 6. The molecule has 0 fully saturated rings. The number of carbonyl (C=O) groups is 6. The van der Waals surface area contributed by atoms with Gasteiger partial charge in [0, 0.05) is 22.3 Å². The van der Waals surface area contributed by atoms with Gasteiger partial charge in [-0.2, -0.15) is 0 Å². The molecule has 0 heterocycles. The van der Waals surface area contributed by atoms with E-state index in [9.17, 15) is 58.0 Å². The molecule has 0 spiro atoms. The number of carboxylic acids is 4. The number of hydrogen-bond acceptors (Lipinski definition) is 10. The van der Waals surface area contributed by atoms with Gasteiger partial charge in [-0.3, -0.25) is 9.59 Å². The highest BCUT2D eigenvalue weighted by Gasteiger charge is 2.29. The van der Waals surface area contributed by atoms with Crippen LogP contribution in [-0.4, -0.2) is 82.3 Å². The topological polar surface area (TPSA) is 220 Å². The highest BCUT2D eigenvalue weighted by molar-refractivity contribution is 6.12. The molecule has 16 heteroatoms. The maximum Gasteiger partial charge on any atom is 0.337 e. The normalized spacial score (nSPS) is 11.1. The number of halogens is 2. The molecule has 382 valence electrons. The van der Waals surface area contributed by atoms with Crippen molar-refractivity contribution < 1.29 is 76.9 Å². The Bertz CT molecular complexity index is 2790. The number of carboxylic acid groups (broad SMARTS) is 4. The van der Waals surface area contributed by atoms with Crippen molar-refractivity contribution in [3.63, 3.8) is 0 Å². The molecule has 0 bridgehead atoms. The van der Waals surface area contributed by atoms with Gasteiger partial charge in [0.05, 0.1) is 48.7 Å². The van der Waals surface area contributed by atoms with Crippen LogP contribution in [-0.2, 0) is 0 Å². The van der Waals surface area contributed by atoms with E-state index in [2.05, 4.69) is 0 Å². The SMILES string of the molecule is O=C(/C=C/c1ccc(OCCCCCCOc2cc(C(=O)O)c(C(=O)O)c(-c3cc(OCCCCCCOc4ccc(/C=C/C(=O)c5ccc(F)cc5)cc4)cc(C(=O)O)c3C(=O)O)c2)cc1)c1ccc(F)cc1. The van der Waals surface area contributed by atoms with E-state index in [1.54, 1.807) is 60.7 Å². The van der Waals surface area contributed by atoms with Crippen molar-refractivity contribution in [1.82, 2.24) is 0 Å². The first-order valence-electron chi connectivity index (χ1n) is 23.6. The zero-order chi connectivity index (χ0) is 53.0. The van der Waals surface area contributed by atoms with Gasteiger partial charge in [0.15, 0.2) is 11.6 Å². The molecule has 0 aliphatic rings. The molecular weight excluding hydrogens is 959 g/mol. The molecule has 0 aliphatic heterocycles. The molecule has 6 aromatic carbocycles. The van der Waals surface area contributed by atoms with E-state index in [1.807, 2.05) is 0 Å². The summed E-state index contributed by atoms with van der Waals surface area (Å²) in [4.78, 5) is 74.9. The molecule has 0 saturated heterocycles. The number of allylic oxidation sites excluding steroid dienone is 2. The molecule has 0 aliphatic carbocycles. The fourth-order valence-corrected chi connectivity index (χ4v) is 7.61. The van der Waals surface area contributed by atoms with Crippen molar-refractivity contribution in [1.29, 1.82) is 0 Å². The van der Waals surface area contributed by atoms with E-state index in [0.29, 0.717) is 74.4 Å². The second kappa shape index (κ2) is 27.1. The minimum Gasteiger partial charge on any atom is -0.494 e. The summed E-state index contributed by atoms with van der Waals surface area (Å²) in [7, 11) is 0. The van der Waals surface area contributed by atoms with Gasteiger partial charge in [-0.1, -0.05) is 36.4 Å². The zero-order valence-electron chi connectivity index (χ0n) is 40.0. The smallest absolute Gasteiger partial charge is 0.337 e. The van der Waals surface area contributed by atoms with Crippen LogP contribution < -0.4 is 18.9 Å². The lowest BCUT2D eigenvalue weighted by atomic mass is 9.89. The second-order valence-electron chi connectivity index (χ2n) is 16.8. The summed E-state index contributed by atoms with van der Waals surface area (Å²) >= 11 is 0. The standard InChI is InChI=1S/C58H52F2O14/c59-41-19-15-39(16-20-41)51(61)27-13-37-9-23-43(24-10-37)71-29-5-1-3-7-31-73-45-33-47(53(57(67)68)49(35-45)55(63)64)48-34-46(36-50(56(65)66)54(48)58(69)70)74-32-8-4-2-6-30-72-44-25-11-38(12-26-44)14-28-52(62)40-17-21-42(60)22-18-40/h9-28,33-36H,1-8,29-32H2,(H,63,64)(H,65,66)(H,67,68)(H,69,70)/b27-13+,28-14+. The molecule has 6 rings (SSSR count). The maximum absolute atomic E-state index is 13.2. The molecule has 4 N–H and O–H groups in total. The van der Waals surface area contributed by atoms with Crippen LogP contribution in [0.5, 0.6) is 23.0 Å². The summed E-state index contributed by atoms with van der Waals surface area (Å²) < 4.78 is 49.8. The average molecular weight is 1010 g/mol. The summed E-state index contributed by atoms with van der Waals surface area (Å²) in [6.45, 7) is 0.999. The molecular formula is C58H52F2O14. The Morgan fingerprint density at radius 2 is 0.689 bits per heavy atom. The van der Waals surface area contributed by atoms with E-state index in [-0.39, 0.29) is 47.4 Å². The Hall–Kier alpha value is -8.92. The third kappa shape index (κ3) is 16.0. The van der Waals surface area contributed by atoms with Crippen molar-refractivity contribution >= 4 is 47.6 Å². The Morgan fingerprint density at radius 3 is 0.986 bits per heavy atom. The van der Waals surface area contributed by atoms with Crippen LogP contribution >= 0.6 is 0 Å². The Morgan fingerprint density at radius 1 is 0.378 bits per heavy atom. The minimum atomic E-state index is -1.70. The van der Waals surface area contributed by atoms with Crippen LogP contribution in [0.1, 0.15) is 125 Å². The second-order valence-corrected chi connectivity index (χ2v) is 16.8. The van der Waals surface area contributed by atoms with Crippen LogP contribution in [0.2, 0.25) is 0 Å². The molecule has 14 nitrogen and oxygen atoms in total. The highest BCUT2D eigenvalue weighted by Crippen LogP contribution is 2.38. The third-order valence-electron chi connectivity index (χ3n) is 11.4. The molecule has 0 saturated carbocycles. The monoisotopic (exact) mass is 1010 g/mol. The van der Waals surface area contributed by atoms with E-state index >= 15 is 0 Å². The van der Waals surface area contributed by atoms with Crippen LogP contribution in [0, 0.1) is 11.6 Å². The lowest BCUT2D eigenvalue weighted by Crippen LogP contribution is -2.15. The van der Waals surface area contributed by atoms with E-state index in [1.165, 1.54) is 72.8 Å².